The predicted molar refractivity (Wildman–Crippen MR) is 56.2 cm³/mol. The van der Waals surface area contributed by atoms with Crippen LogP contribution in [0.15, 0.2) is 36.7 Å². The molecule has 0 spiro atoms. The van der Waals surface area contributed by atoms with Crippen LogP contribution in [0, 0.1) is 0 Å². The lowest BCUT2D eigenvalue weighted by Crippen LogP contribution is -2.23. The maximum absolute atomic E-state index is 12.6. The molecule has 0 aliphatic heterocycles. The fourth-order valence-electron chi connectivity index (χ4n) is 1.48. The van der Waals surface area contributed by atoms with Crippen molar-refractivity contribution in [3.05, 3.63) is 36.7 Å². The van der Waals surface area contributed by atoms with E-state index in [4.69, 9.17) is 0 Å². The van der Waals surface area contributed by atoms with Crippen LogP contribution in [-0.2, 0) is 0 Å². The van der Waals surface area contributed by atoms with Crippen molar-refractivity contribution in [1.29, 1.82) is 0 Å². The Bertz CT molecular complexity index is 490. The number of rotatable bonds is 2. The topological polar surface area (TPSA) is 30.7 Å². The van der Waals surface area contributed by atoms with Gasteiger partial charge < -0.3 is 4.57 Å². The summed E-state index contributed by atoms with van der Waals surface area (Å²) in [4.78, 5) is 0. The minimum Gasteiger partial charge on any atom is -0.302 e. The zero-order valence-corrected chi connectivity index (χ0v) is 9.02. The Hall–Kier alpha value is -1.85. The van der Waals surface area contributed by atoms with Crippen molar-refractivity contribution in [2.75, 3.05) is 0 Å². The lowest BCUT2D eigenvalue weighted by atomic mass is 10.2. The summed E-state index contributed by atoms with van der Waals surface area (Å²) in [6.45, 7) is 1.08. The normalized spacial score (nSPS) is 13.6. The summed E-state index contributed by atoms with van der Waals surface area (Å²) in [5.74, 6) is 0.218. The molecule has 0 amide bonds. The van der Waals surface area contributed by atoms with Crippen LogP contribution in [0.2, 0.25) is 0 Å². The Balaban J connectivity index is 2.43. The van der Waals surface area contributed by atoms with Gasteiger partial charge in [-0.05, 0) is 6.92 Å². The Kier molecular flexibility index (Phi) is 2.87. The first-order valence-corrected chi connectivity index (χ1v) is 5.02. The lowest BCUT2D eigenvalue weighted by Gasteiger charge is -2.18. The number of alkyl halides is 3. The summed E-state index contributed by atoms with van der Waals surface area (Å²) in [5.41, 5.74) is 0.612. The minimum absolute atomic E-state index is 0.218. The van der Waals surface area contributed by atoms with Gasteiger partial charge in [-0.15, -0.1) is 10.2 Å². The molecule has 0 aliphatic rings. The monoisotopic (exact) mass is 241 g/mol. The lowest BCUT2D eigenvalue weighted by molar-refractivity contribution is -0.162. The van der Waals surface area contributed by atoms with E-state index >= 15 is 0 Å². The molecule has 90 valence electrons. The number of hydrogen-bond acceptors (Lipinski definition) is 2. The highest BCUT2D eigenvalue weighted by molar-refractivity contribution is 5.54. The Morgan fingerprint density at radius 1 is 1.18 bits per heavy atom. The average molecular weight is 241 g/mol. The van der Waals surface area contributed by atoms with Gasteiger partial charge in [0.15, 0.2) is 5.82 Å². The largest absolute Gasteiger partial charge is 0.408 e. The van der Waals surface area contributed by atoms with Crippen molar-refractivity contribution in [2.24, 2.45) is 0 Å². The van der Waals surface area contributed by atoms with Gasteiger partial charge in [0.25, 0.3) is 0 Å². The second-order valence-electron chi connectivity index (χ2n) is 3.65. The van der Waals surface area contributed by atoms with E-state index in [1.165, 1.54) is 0 Å². The average Bonchev–Trinajstić information content (AvgIpc) is 2.76. The molecule has 1 aromatic heterocycles. The molecule has 0 saturated heterocycles. The van der Waals surface area contributed by atoms with Crippen LogP contribution in [0.4, 0.5) is 13.2 Å². The summed E-state index contributed by atoms with van der Waals surface area (Å²) in [5, 5.41) is 7.28. The number of nitrogens with zero attached hydrogens (tertiary/aromatic N) is 3. The molecule has 1 heterocycles. The first-order valence-electron chi connectivity index (χ1n) is 5.02. The van der Waals surface area contributed by atoms with Crippen LogP contribution in [-0.4, -0.2) is 20.9 Å². The molecule has 0 aliphatic carbocycles. The van der Waals surface area contributed by atoms with Gasteiger partial charge in [0.1, 0.15) is 12.4 Å². The molecule has 1 aromatic carbocycles. The van der Waals surface area contributed by atoms with Crippen molar-refractivity contribution in [1.82, 2.24) is 14.8 Å². The molecule has 0 saturated carbocycles. The van der Waals surface area contributed by atoms with Gasteiger partial charge in [-0.25, -0.2) is 0 Å². The Morgan fingerprint density at radius 3 is 2.41 bits per heavy atom. The molecule has 0 N–H and O–H groups in total. The van der Waals surface area contributed by atoms with E-state index in [1.807, 2.05) is 0 Å². The van der Waals surface area contributed by atoms with E-state index in [1.54, 1.807) is 30.3 Å². The van der Waals surface area contributed by atoms with Crippen molar-refractivity contribution in [2.45, 2.75) is 19.1 Å². The third-order valence-corrected chi connectivity index (χ3v) is 2.50. The maximum Gasteiger partial charge on any atom is 0.408 e. The first-order chi connectivity index (χ1) is 8.00. The van der Waals surface area contributed by atoms with Gasteiger partial charge in [0.2, 0.25) is 0 Å². The highest BCUT2D eigenvalue weighted by Gasteiger charge is 2.38. The molecule has 1 unspecified atom stereocenters. The smallest absolute Gasteiger partial charge is 0.302 e. The quantitative estimate of drug-likeness (QED) is 0.809. The third-order valence-electron chi connectivity index (χ3n) is 2.50. The number of halogens is 3. The standard InChI is InChI=1S/C11H10F3N3/c1-8(11(12,13)14)17-7-15-16-10(17)9-5-3-2-4-6-9/h2-8H,1H3. The second kappa shape index (κ2) is 4.20. The van der Waals surface area contributed by atoms with Gasteiger partial charge in [-0.2, -0.15) is 13.2 Å². The zero-order valence-electron chi connectivity index (χ0n) is 9.02. The molecular formula is C11H10F3N3. The molecule has 6 heteroatoms. The van der Waals surface area contributed by atoms with E-state index in [0.717, 1.165) is 17.8 Å². The SMILES string of the molecule is CC(n1cnnc1-c1ccccc1)C(F)(F)F. The third kappa shape index (κ3) is 2.30. The van der Waals surface area contributed by atoms with Crippen LogP contribution in [0.3, 0.4) is 0 Å². The summed E-state index contributed by atoms with van der Waals surface area (Å²) >= 11 is 0. The van der Waals surface area contributed by atoms with Crippen LogP contribution >= 0.6 is 0 Å². The summed E-state index contributed by atoms with van der Waals surface area (Å²) in [7, 11) is 0. The van der Waals surface area contributed by atoms with Crippen molar-refractivity contribution in [3.63, 3.8) is 0 Å². The van der Waals surface area contributed by atoms with Crippen molar-refractivity contribution >= 4 is 0 Å². The fraction of sp³-hybridized carbons (Fsp3) is 0.273. The Morgan fingerprint density at radius 2 is 1.82 bits per heavy atom. The van der Waals surface area contributed by atoms with Gasteiger partial charge in [-0.3, -0.25) is 0 Å². The molecule has 0 radical (unpaired) electrons. The molecule has 0 fully saturated rings. The van der Waals surface area contributed by atoms with Gasteiger partial charge in [0, 0.05) is 5.56 Å². The van der Waals surface area contributed by atoms with Crippen LogP contribution < -0.4 is 0 Å². The molecular weight excluding hydrogens is 231 g/mol. The highest BCUT2D eigenvalue weighted by atomic mass is 19.4. The van der Waals surface area contributed by atoms with Gasteiger partial charge in [0.05, 0.1) is 0 Å². The number of benzene rings is 1. The van der Waals surface area contributed by atoms with E-state index in [2.05, 4.69) is 10.2 Å². The minimum atomic E-state index is -4.31. The number of hydrogen-bond donors (Lipinski definition) is 0. The van der Waals surface area contributed by atoms with Crippen molar-refractivity contribution < 1.29 is 13.2 Å². The molecule has 17 heavy (non-hydrogen) atoms. The van der Waals surface area contributed by atoms with Crippen LogP contribution in [0.1, 0.15) is 13.0 Å². The van der Waals surface area contributed by atoms with E-state index in [0.29, 0.717) is 5.56 Å². The fourth-order valence-corrected chi connectivity index (χ4v) is 1.48. The van der Waals surface area contributed by atoms with E-state index in [-0.39, 0.29) is 5.82 Å². The summed E-state index contributed by atoms with van der Waals surface area (Å²) < 4.78 is 38.9. The van der Waals surface area contributed by atoms with E-state index < -0.39 is 12.2 Å². The Labute approximate surface area is 95.9 Å². The van der Waals surface area contributed by atoms with Crippen LogP contribution in [0.5, 0.6) is 0 Å². The second-order valence-corrected chi connectivity index (χ2v) is 3.65. The first kappa shape index (κ1) is 11.6. The van der Waals surface area contributed by atoms with Crippen molar-refractivity contribution in [3.8, 4) is 11.4 Å². The molecule has 2 aromatic rings. The van der Waals surface area contributed by atoms with E-state index in [9.17, 15) is 13.2 Å². The molecule has 1 atom stereocenters. The van der Waals surface area contributed by atoms with Gasteiger partial charge in [-0.1, -0.05) is 30.3 Å². The summed E-state index contributed by atoms with van der Waals surface area (Å²) in [6, 6.07) is 7.02. The maximum atomic E-state index is 12.6. The zero-order chi connectivity index (χ0) is 12.5. The van der Waals surface area contributed by atoms with Gasteiger partial charge >= 0.3 is 6.18 Å². The summed E-state index contributed by atoms with van der Waals surface area (Å²) in [6.07, 6.45) is -3.22. The number of aromatic nitrogens is 3. The van der Waals surface area contributed by atoms with Crippen LogP contribution in [0.25, 0.3) is 11.4 Å². The molecule has 3 nitrogen and oxygen atoms in total. The predicted octanol–water partition coefficient (Wildman–Crippen LogP) is 3.07. The highest BCUT2D eigenvalue weighted by Crippen LogP contribution is 2.32. The molecule has 0 bridgehead atoms. The molecule has 2 rings (SSSR count).